The maximum absolute atomic E-state index is 5.76. The fourth-order valence-electron chi connectivity index (χ4n) is 2.48. The molecule has 0 aromatic heterocycles. The Bertz CT molecular complexity index is 341. The molecule has 1 aromatic carbocycles. The summed E-state index contributed by atoms with van der Waals surface area (Å²) in [5, 5.41) is 0. The van der Waals surface area contributed by atoms with Gasteiger partial charge in [0.15, 0.2) is 0 Å². The van der Waals surface area contributed by atoms with Crippen molar-refractivity contribution in [1.82, 2.24) is 0 Å². The highest BCUT2D eigenvalue weighted by Crippen LogP contribution is 2.48. The number of hydrogen-bond acceptors (Lipinski definition) is 3. The summed E-state index contributed by atoms with van der Waals surface area (Å²) in [5.41, 5.74) is 6.95. The van der Waals surface area contributed by atoms with E-state index in [-0.39, 0.29) is 0 Å². The van der Waals surface area contributed by atoms with Crippen LogP contribution in [0.5, 0.6) is 11.5 Å². The Labute approximate surface area is 96.5 Å². The van der Waals surface area contributed by atoms with Crippen molar-refractivity contribution < 1.29 is 9.47 Å². The van der Waals surface area contributed by atoms with Crippen LogP contribution in [0.2, 0.25) is 0 Å². The minimum absolute atomic E-state index is 0.496. The topological polar surface area (TPSA) is 44.5 Å². The Kier molecular flexibility index (Phi) is 3.34. The van der Waals surface area contributed by atoms with E-state index in [1.54, 1.807) is 14.2 Å². The van der Waals surface area contributed by atoms with Crippen LogP contribution in [0.15, 0.2) is 18.2 Å². The second-order valence-corrected chi connectivity index (χ2v) is 4.26. The van der Waals surface area contributed by atoms with Gasteiger partial charge in [0.05, 0.1) is 14.2 Å². The molecule has 3 heteroatoms. The summed E-state index contributed by atoms with van der Waals surface area (Å²) in [6.07, 6.45) is 2.39. The fraction of sp³-hybridized carbons (Fsp3) is 0.538. The Morgan fingerprint density at radius 3 is 2.19 bits per heavy atom. The second kappa shape index (κ2) is 4.74. The lowest BCUT2D eigenvalue weighted by molar-refractivity contribution is 0.248. The third-order valence-electron chi connectivity index (χ3n) is 3.56. The zero-order chi connectivity index (χ0) is 11.5. The predicted molar refractivity (Wildman–Crippen MR) is 64.1 cm³/mol. The standard InChI is InChI=1S/C13H19NO2/c1-15-11-4-3-5-12(16-2)13(11)10-7-6-9(10)8-14/h3-5,9-10H,6-8,14H2,1-2H3. The number of benzene rings is 1. The minimum Gasteiger partial charge on any atom is -0.496 e. The average molecular weight is 221 g/mol. The molecular weight excluding hydrogens is 202 g/mol. The molecule has 1 fully saturated rings. The Morgan fingerprint density at radius 2 is 1.81 bits per heavy atom. The molecule has 2 atom stereocenters. The normalized spacial score (nSPS) is 23.7. The number of rotatable bonds is 4. The highest BCUT2D eigenvalue weighted by atomic mass is 16.5. The van der Waals surface area contributed by atoms with E-state index in [9.17, 15) is 0 Å². The first-order valence-electron chi connectivity index (χ1n) is 5.72. The Hall–Kier alpha value is -1.22. The van der Waals surface area contributed by atoms with E-state index < -0.39 is 0 Å². The molecular formula is C13H19NO2. The molecule has 1 aliphatic carbocycles. The molecule has 1 saturated carbocycles. The van der Waals surface area contributed by atoms with E-state index in [0.29, 0.717) is 11.8 Å². The Morgan fingerprint density at radius 1 is 1.19 bits per heavy atom. The molecule has 3 nitrogen and oxygen atoms in total. The summed E-state index contributed by atoms with van der Waals surface area (Å²) in [6.45, 7) is 0.742. The zero-order valence-electron chi connectivity index (χ0n) is 9.90. The van der Waals surface area contributed by atoms with Gasteiger partial charge in [-0.25, -0.2) is 0 Å². The van der Waals surface area contributed by atoms with Gasteiger partial charge in [-0.1, -0.05) is 6.07 Å². The molecule has 88 valence electrons. The van der Waals surface area contributed by atoms with E-state index in [0.717, 1.165) is 18.0 Å². The van der Waals surface area contributed by atoms with Gasteiger partial charge in [-0.05, 0) is 43.4 Å². The van der Waals surface area contributed by atoms with Gasteiger partial charge in [-0.3, -0.25) is 0 Å². The molecule has 0 aliphatic heterocycles. The summed E-state index contributed by atoms with van der Waals surface area (Å²) in [7, 11) is 3.41. The Balaban J connectivity index is 2.36. The molecule has 2 rings (SSSR count). The third-order valence-corrected chi connectivity index (χ3v) is 3.56. The third kappa shape index (κ3) is 1.76. The van der Waals surface area contributed by atoms with Gasteiger partial charge in [-0.2, -0.15) is 0 Å². The lowest BCUT2D eigenvalue weighted by atomic mass is 9.69. The van der Waals surface area contributed by atoms with Gasteiger partial charge in [0, 0.05) is 5.56 Å². The molecule has 0 saturated heterocycles. The van der Waals surface area contributed by atoms with Gasteiger partial charge in [0.25, 0.3) is 0 Å². The summed E-state index contributed by atoms with van der Waals surface area (Å²) in [6, 6.07) is 5.94. The van der Waals surface area contributed by atoms with E-state index in [1.165, 1.54) is 18.4 Å². The van der Waals surface area contributed by atoms with Crippen LogP contribution >= 0.6 is 0 Å². The largest absolute Gasteiger partial charge is 0.496 e. The van der Waals surface area contributed by atoms with Crippen LogP contribution in [0.3, 0.4) is 0 Å². The number of ether oxygens (including phenoxy) is 2. The smallest absolute Gasteiger partial charge is 0.126 e. The molecule has 1 aliphatic rings. The van der Waals surface area contributed by atoms with Crippen molar-refractivity contribution >= 4 is 0 Å². The fourth-order valence-corrected chi connectivity index (χ4v) is 2.48. The molecule has 0 heterocycles. The molecule has 16 heavy (non-hydrogen) atoms. The van der Waals surface area contributed by atoms with Gasteiger partial charge >= 0.3 is 0 Å². The van der Waals surface area contributed by atoms with Crippen LogP contribution in [0.1, 0.15) is 24.3 Å². The van der Waals surface area contributed by atoms with E-state index in [1.807, 2.05) is 18.2 Å². The molecule has 0 bridgehead atoms. The lowest BCUT2D eigenvalue weighted by Gasteiger charge is -2.37. The monoisotopic (exact) mass is 221 g/mol. The van der Waals surface area contributed by atoms with Gasteiger partial charge in [-0.15, -0.1) is 0 Å². The van der Waals surface area contributed by atoms with Crippen LogP contribution in [0.4, 0.5) is 0 Å². The maximum atomic E-state index is 5.76. The van der Waals surface area contributed by atoms with Crippen molar-refractivity contribution in [3.63, 3.8) is 0 Å². The van der Waals surface area contributed by atoms with Crippen LogP contribution < -0.4 is 15.2 Å². The van der Waals surface area contributed by atoms with Crippen molar-refractivity contribution in [3.05, 3.63) is 23.8 Å². The molecule has 0 spiro atoms. The number of hydrogen-bond donors (Lipinski definition) is 1. The van der Waals surface area contributed by atoms with E-state index in [4.69, 9.17) is 15.2 Å². The lowest BCUT2D eigenvalue weighted by Crippen LogP contribution is -2.31. The summed E-state index contributed by atoms with van der Waals surface area (Å²) < 4.78 is 10.8. The van der Waals surface area contributed by atoms with Crippen LogP contribution in [0.25, 0.3) is 0 Å². The first-order valence-corrected chi connectivity index (χ1v) is 5.72. The predicted octanol–water partition coefficient (Wildman–Crippen LogP) is 2.16. The highest BCUT2D eigenvalue weighted by molar-refractivity contribution is 5.48. The van der Waals surface area contributed by atoms with Crippen molar-refractivity contribution in [2.24, 2.45) is 11.7 Å². The minimum atomic E-state index is 0.496. The van der Waals surface area contributed by atoms with Gasteiger partial charge in [0.2, 0.25) is 0 Å². The average Bonchev–Trinajstić information content (AvgIpc) is 2.28. The van der Waals surface area contributed by atoms with E-state index in [2.05, 4.69) is 0 Å². The van der Waals surface area contributed by atoms with Crippen LogP contribution in [0, 0.1) is 5.92 Å². The van der Waals surface area contributed by atoms with Crippen molar-refractivity contribution in [3.8, 4) is 11.5 Å². The maximum Gasteiger partial charge on any atom is 0.126 e. The SMILES string of the molecule is COc1cccc(OC)c1C1CCC1CN. The van der Waals surface area contributed by atoms with E-state index >= 15 is 0 Å². The summed E-state index contributed by atoms with van der Waals surface area (Å²) >= 11 is 0. The molecule has 0 radical (unpaired) electrons. The first-order chi connectivity index (χ1) is 7.81. The first kappa shape index (κ1) is 11.3. The zero-order valence-corrected chi connectivity index (χ0v) is 9.90. The van der Waals surface area contributed by atoms with Crippen molar-refractivity contribution in [2.45, 2.75) is 18.8 Å². The molecule has 2 unspecified atom stereocenters. The van der Waals surface area contributed by atoms with Crippen LogP contribution in [-0.2, 0) is 0 Å². The second-order valence-electron chi connectivity index (χ2n) is 4.26. The van der Waals surface area contributed by atoms with Crippen molar-refractivity contribution in [2.75, 3.05) is 20.8 Å². The molecule has 2 N–H and O–H groups in total. The van der Waals surface area contributed by atoms with Crippen molar-refractivity contribution in [1.29, 1.82) is 0 Å². The summed E-state index contributed by atoms with van der Waals surface area (Å²) in [5.74, 6) is 2.91. The summed E-state index contributed by atoms with van der Waals surface area (Å²) in [4.78, 5) is 0. The highest BCUT2D eigenvalue weighted by Gasteiger charge is 2.34. The quantitative estimate of drug-likeness (QED) is 0.847. The van der Waals surface area contributed by atoms with Crippen LogP contribution in [-0.4, -0.2) is 20.8 Å². The van der Waals surface area contributed by atoms with Gasteiger partial charge in [0.1, 0.15) is 11.5 Å². The number of methoxy groups -OCH3 is 2. The molecule has 0 amide bonds. The van der Waals surface area contributed by atoms with Gasteiger partial charge < -0.3 is 15.2 Å². The number of nitrogens with two attached hydrogens (primary N) is 1. The molecule has 1 aromatic rings.